The molecule has 6 rings (SSSR count). The number of rotatable bonds is 4. The molecule has 0 aliphatic carbocycles. The number of methoxy groups -OCH3 is 1. The van der Waals surface area contributed by atoms with E-state index in [1.54, 1.807) is 29.0 Å². The lowest BCUT2D eigenvalue weighted by Gasteiger charge is -2.48. The summed E-state index contributed by atoms with van der Waals surface area (Å²) in [6.45, 7) is 3.15. The molecule has 1 atom stereocenters. The van der Waals surface area contributed by atoms with E-state index in [4.69, 9.17) is 4.74 Å². The number of H-pyrrole nitrogens is 1. The van der Waals surface area contributed by atoms with Crippen molar-refractivity contribution in [2.24, 2.45) is 0 Å². The Labute approximate surface area is 209 Å². The molecule has 2 aromatic carbocycles. The fourth-order valence-electron chi connectivity index (χ4n) is 6.20. The maximum Gasteiger partial charge on any atom is 0.258 e. The molecule has 8 nitrogen and oxygen atoms in total. The van der Waals surface area contributed by atoms with Crippen LogP contribution in [-0.4, -0.2) is 64.9 Å². The maximum absolute atomic E-state index is 13.5. The highest BCUT2D eigenvalue weighted by Gasteiger charge is 2.53. The summed E-state index contributed by atoms with van der Waals surface area (Å²) < 4.78 is 5.41. The lowest BCUT2D eigenvalue weighted by atomic mass is 9.89. The zero-order chi connectivity index (χ0) is 25.0. The van der Waals surface area contributed by atoms with Crippen LogP contribution in [0.15, 0.2) is 48.7 Å². The van der Waals surface area contributed by atoms with Gasteiger partial charge in [-0.15, -0.1) is 0 Å². The van der Waals surface area contributed by atoms with E-state index in [-0.39, 0.29) is 24.3 Å². The Balaban J connectivity index is 1.18. The van der Waals surface area contributed by atoms with E-state index in [1.807, 2.05) is 36.1 Å². The number of fused-ring (bicyclic) bond motifs is 4. The van der Waals surface area contributed by atoms with Crippen LogP contribution in [-0.2, 0) is 9.59 Å². The quantitative estimate of drug-likeness (QED) is 0.607. The van der Waals surface area contributed by atoms with Crippen molar-refractivity contribution in [1.82, 2.24) is 14.8 Å². The van der Waals surface area contributed by atoms with E-state index >= 15 is 0 Å². The minimum atomic E-state index is -0.820. The monoisotopic (exact) mass is 486 g/mol. The second kappa shape index (κ2) is 8.40. The summed E-state index contributed by atoms with van der Waals surface area (Å²) in [5.74, 6) is 0.916. The number of carbonyl (C=O) groups is 3. The average Bonchev–Trinajstić information content (AvgIpc) is 3.47. The van der Waals surface area contributed by atoms with Gasteiger partial charge in [-0.25, -0.2) is 0 Å². The van der Waals surface area contributed by atoms with Gasteiger partial charge in [0, 0.05) is 36.6 Å². The van der Waals surface area contributed by atoms with Gasteiger partial charge in [-0.2, -0.15) is 0 Å². The average molecular weight is 487 g/mol. The first-order valence-electron chi connectivity index (χ1n) is 12.6. The van der Waals surface area contributed by atoms with Crippen molar-refractivity contribution in [3.63, 3.8) is 0 Å². The molecular formula is C28H30N4O4. The first kappa shape index (κ1) is 22.6. The van der Waals surface area contributed by atoms with Crippen LogP contribution in [0.3, 0.4) is 0 Å². The van der Waals surface area contributed by atoms with E-state index in [1.165, 1.54) is 5.56 Å². The summed E-state index contributed by atoms with van der Waals surface area (Å²) in [4.78, 5) is 48.2. The molecule has 0 saturated carbocycles. The Kier molecular flexibility index (Phi) is 5.28. The third kappa shape index (κ3) is 3.38. The number of carbonyl (C=O) groups excluding carboxylic acids is 3. The molecule has 186 valence electrons. The molecule has 1 unspecified atom stereocenters. The predicted molar refractivity (Wildman–Crippen MR) is 136 cm³/mol. The van der Waals surface area contributed by atoms with E-state index in [0.717, 1.165) is 29.5 Å². The summed E-state index contributed by atoms with van der Waals surface area (Å²) in [6, 6.07) is 13.2. The summed E-state index contributed by atoms with van der Waals surface area (Å²) in [6.07, 6.45) is 4.67. The first-order chi connectivity index (χ1) is 17.4. The largest absolute Gasteiger partial charge is 0.497 e. The number of aromatic amines is 1. The van der Waals surface area contributed by atoms with Crippen LogP contribution in [0.25, 0.3) is 10.9 Å². The number of ether oxygens (including phenoxy) is 1. The Hall–Kier alpha value is -3.81. The van der Waals surface area contributed by atoms with Gasteiger partial charge >= 0.3 is 0 Å². The minimum absolute atomic E-state index is 0.00827. The summed E-state index contributed by atoms with van der Waals surface area (Å²) in [7, 11) is 1.67. The van der Waals surface area contributed by atoms with Crippen LogP contribution in [0.4, 0.5) is 5.69 Å². The van der Waals surface area contributed by atoms with Gasteiger partial charge in [-0.3, -0.25) is 19.3 Å². The van der Waals surface area contributed by atoms with Gasteiger partial charge in [0.05, 0.1) is 18.4 Å². The zero-order valence-corrected chi connectivity index (χ0v) is 20.6. The number of nitrogens with zero attached hydrogens (tertiary/aromatic N) is 3. The van der Waals surface area contributed by atoms with Crippen LogP contribution in [0.2, 0.25) is 0 Å². The second-order valence-electron chi connectivity index (χ2n) is 10.2. The number of piperidine rings is 1. The molecule has 1 aromatic heterocycles. The molecule has 2 saturated heterocycles. The van der Waals surface area contributed by atoms with Gasteiger partial charge in [0.2, 0.25) is 11.8 Å². The molecule has 3 aromatic rings. The van der Waals surface area contributed by atoms with Crippen LogP contribution < -0.4 is 9.64 Å². The molecule has 0 spiro atoms. The molecular weight excluding hydrogens is 456 g/mol. The fourth-order valence-corrected chi connectivity index (χ4v) is 6.20. The van der Waals surface area contributed by atoms with Crippen molar-refractivity contribution in [1.29, 1.82) is 0 Å². The zero-order valence-electron chi connectivity index (χ0n) is 20.6. The molecule has 0 radical (unpaired) electrons. The van der Waals surface area contributed by atoms with E-state index in [9.17, 15) is 14.4 Å². The Morgan fingerprint density at radius 2 is 1.92 bits per heavy atom. The molecule has 4 heterocycles. The number of hydrogen-bond acceptors (Lipinski definition) is 4. The van der Waals surface area contributed by atoms with E-state index in [0.29, 0.717) is 43.1 Å². The molecule has 8 heteroatoms. The van der Waals surface area contributed by atoms with E-state index in [2.05, 4.69) is 17.2 Å². The van der Waals surface area contributed by atoms with Gasteiger partial charge in [0.1, 0.15) is 18.0 Å². The number of hydrogen-bond donors (Lipinski definition) is 1. The standard InChI is InChI=1S/C28H30N4O4/c1-28-12-9-25(33)32(28)24-6-4-3-5-20(24)27(35)31(28)17-26(34)30-13-10-18(11-14-30)22-16-29-23-8-7-19(36-2)15-21(22)23/h3-8,15-16,18,29H,9-14,17H2,1-2H3. The molecule has 1 N–H and O–H groups in total. The van der Waals surface area contributed by atoms with Crippen molar-refractivity contribution >= 4 is 34.3 Å². The molecule has 0 bridgehead atoms. The van der Waals surface area contributed by atoms with Crippen molar-refractivity contribution < 1.29 is 19.1 Å². The molecule has 3 aliphatic heterocycles. The van der Waals surface area contributed by atoms with Gasteiger partial charge in [0.15, 0.2) is 0 Å². The number of nitrogens with one attached hydrogen (secondary N) is 1. The summed E-state index contributed by atoms with van der Waals surface area (Å²) in [5.41, 5.74) is 2.64. The Morgan fingerprint density at radius 1 is 1.14 bits per heavy atom. The summed E-state index contributed by atoms with van der Waals surface area (Å²) in [5, 5.41) is 1.16. The third-order valence-electron chi connectivity index (χ3n) is 8.25. The van der Waals surface area contributed by atoms with Gasteiger partial charge in [-0.1, -0.05) is 12.1 Å². The van der Waals surface area contributed by atoms with Crippen molar-refractivity contribution in [2.75, 3.05) is 31.6 Å². The fraction of sp³-hybridized carbons (Fsp3) is 0.393. The minimum Gasteiger partial charge on any atom is -0.497 e. The van der Waals surface area contributed by atoms with Crippen LogP contribution in [0.5, 0.6) is 5.75 Å². The lowest BCUT2D eigenvalue weighted by Crippen LogP contribution is -2.64. The topological polar surface area (TPSA) is 85.9 Å². The number of likely N-dealkylation sites (tertiary alicyclic amines) is 1. The first-order valence-corrected chi connectivity index (χ1v) is 12.6. The summed E-state index contributed by atoms with van der Waals surface area (Å²) >= 11 is 0. The molecule has 2 fully saturated rings. The number of aromatic nitrogens is 1. The number of amides is 3. The maximum atomic E-state index is 13.5. The SMILES string of the molecule is COc1ccc2[nH]cc(C3CCN(C(=O)CN4C(=O)c5ccccc5N5C(=O)CCC45C)CC3)c2c1. The number of anilines is 1. The predicted octanol–water partition coefficient (Wildman–Crippen LogP) is 3.88. The van der Waals surface area contributed by atoms with Gasteiger partial charge in [0.25, 0.3) is 5.91 Å². The highest BCUT2D eigenvalue weighted by Crippen LogP contribution is 2.44. The Bertz CT molecular complexity index is 1370. The molecule has 3 amide bonds. The van der Waals surface area contributed by atoms with Crippen LogP contribution in [0, 0.1) is 0 Å². The number of benzene rings is 2. The lowest BCUT2D eigenvalue weighted by molar-refractivity contribution is -0.134. The normalized spacial score (nSPS) is 22.2. The van der Waals surface area contributed by atoms with Crippen molar-refractivity contribution in [3.05, 3.63) is 59.8 Å². The Morgan fingerprint density at radius 3 is 2.69 bits per heavy atom. The van der Waals surface area contributed by atoms with Crippen LogP contribution >= 0.6 is 0 Å². The van der Waals surface area contributed by atoms with E-state index < -0.39 is 5.66 Å². The van der Waals surface area contributed by atoms with Gasteiger partial charge in [-0.05, 0) is 68.0 Å². The third-order valence-corrected chi connectivity index (χ3v) is 8.25. The van der Waals surface area contributed by atoms with Crippen LogP contribution in [0.1, 0.15) is 54.4 Å². The molecule has 3 aliphatic rings. The molecule has 36 heavy (non-hydrogen) atoms. The second-order valence-corrected chi connectivity index (χ2v) is 10.2. The highest BCUT2D eigenvalue weighted by molar-refractivity contribution is 6.11. The van der Waals surface area contributed by atoms with Gasteiger partial charge < -0.3 is 19.5 Å². The van der Waals surface area contributed by atoms with Crippen molar-refractivity contribution in [2.45, 2.75) is 44.2 Å². The highest BCUT2D eigenvalue weighted by atomic mass is 16.5. The number of para-hydroxylation sites is 1. The smallest absolute Gasteiger partial charge is 0.258 e. The van der Waals surface area contributed by atoms with Crippen molar-refractivity contribution in [3.8, 4) is 5.75 Å².